The number of hydrogen-bond donors (Lipinski definition) is 2. The molecule has 7 heteroatoms. The summed E-state index contributed by atoms with van der Waals surface area (Å²) in [6.07, 6.45) is -1.57. The monoisotopic (exact) mass is 343 g/mol. The molecule has 0 saturated heterocycles. The van der Waals surface area contributed by atoms with E-state index in [-0.39, 0.29) is 18.4 Å². The van der Waals surface area contributed by atoms with Crippen LogP contribution >= 0.6 is 12.4 Å². The Hall–Kier alpha value is -1.79. The molecular formula is C16H17ClF3N3. The van der Waals surface area contributed by atoms with Crippen LogP contribution in [0, 0.1) is 0 Å². The fourth-order valence-corrected chi connectivity index (χ4v) is 2.38. The molecule has 3 nitrogen and oxygen atoms in total. The van der Waals surface area contributed by atoms with Crippen LogP contribution in [0.25, 0.3) is 0 Å². The summed E-state index contributed by atoms with van der Waals surface area (Å²) in [5.41, 5.74) is 6.81. The summed E-state index contributed by atoms with van der Waals surface area (Å²) in [7, 11) is 0. The summed E-state index contributed by atoms with van der Waals surface area (Å²) in [6, 6.07) is 9.28. The van der Waals surface area contributed by atoms with Gasteiger partial charge in [-0.15, -0.1) is 12.4 Å². The molecule has 124 valence electrons. The fraction of sp³-hybridized carbons (Fsp3) is 0.312. The van der Waals surface area contributed by atoms with Gasteiger partial charge in [0.2, 0.25) is 0 Å². The number of aromatic nitrogens is 1. The van der Waals surface area contributed by atoms with E-state index in [1.54, 1.807) is 12.3 Å². The third-order valence-corrected chi connectivity index (χ3v) is 3.78. The molecule has 1 aliphatic rings. The average Bonchev–Trinajstić information content (AvgIpc) is 3.22. The van der Waals surface area contributed by atoms with Crippen LogP contribution in [0.15, 0.2) is 42.6 Å². The van der Waals surface area contributed by atoms with Gasteiger partial charge in [-0.1, -0.05) is 18.2 Å². The lowest BCUT2D eigenvalue weighted by atomic mass is 10.1. The Bertz CT molecular complexity index is 658. The van der Waals surface area contributed by atoms with Gasteiger partial charge >= 0.3 is 6.18 Å². The Morgan fingerprint density at radius 1 is 1.22 bits per heavy atom. The van der Waals surface area contributed by atoms with Crippen molar-refractivity contribution in [3.63, 3.8) is 0 Å². The second-order valence-corrected chi connectivity index (χ2v) is 5.53. The van der Waals surface area contributed by atoms with E-state index in [1.165, 1.54) is 6.07 Å². The van der Waals surface area contributed by atoms with Crippen molar-refractivity contribution in [2.75, 3.05) is 5.32 Å². The first-order valence-electron chi connectivity index (χ1n) is 7.05. The zero-order valence-electron chi connectivity index (χ0n) is 12.2. The zero-order chi connectivity index (χ0) is 15.7. The van der Waals surface area contributed by atoms with Gasteiger partial charge in [0.25, 0.3) is 0 Å². The molecule has 0 unspecified atom stereocenters. The number of nitrogens with zero attached hydrogens (tertiary/aromatic N) is 1. The van der Waals surface area contributed by atoms with Crippen LogP contribution < -0.4 is 11.1 Å². The predicted molar refractivity (Wildman–Crippen MR) is 85.6 cm³/mol. The van der Waals surface area contributed by atoms with Crippen LogP contribution in [-0.4, -0.2) is 11.0 Å². The van der Waals surface area contributed by atoms with Crippen molar-refractivity contribution in [3.05, 3.63) is 59.3 Å². The molecule has 0 spiro atoms. The Labute approximate surface area is 138 Å². The summed E-state index contributed by atoms with van der Waals surface area (Å²) < 4.78 is 37.9. The first-order chi connectivity index (χ1) is 10.4. The van der Waals surface area contributed by atoms with Gasteiger partial charge < -0.3 is 11.1 Å². The van der Waals surface area contributed by atoms with Crippen LogP contribution in [0.3, 0.4) is 0 Å². The minimum absolute atomic E-state index is 0. The minimum atomic E-state index is -4.32. The van der Waals surface area contributed by atoms with Crippen LogP contribution in [-0.2, 0) is 12.7 Å². The molecule has 0 amide bonds. The molecule has 0 aliphatic heterocycles. The molecule has 1 aliphatic carbocycles. The van der Waals surface area contributed by atoms with Gasteiger partial charge in [-0.05, 0) is 35.7 Å². The maximum absolute atomic E-state index is 12.6. The van der Waals surface area contributed by atoms with Crippen molar-refractivity contribution in [1.82, 2.24) is 4.98 Å². The van der Waals surface area contributed by atoms with Gasteiger partial charge in [0.05, 0.1) is 5.56 Å². The van der Waals surface area contributed by atoms with E-state index in [4.69, 9.17) is 5.73 Å². The maximum Gasteiger partial charge on any atom is 0.416 e. The normalized spacial score (nSPS) is 19.8. The Morgan fingerprint density at radius 2 is 1.96 bits per heavy atom. The predicted octanol–water partition coefficient (Wildman–Crippen LogP) is 3.95. The number of pyridine rings is 1. The maximum atomic E-state index is 12.6. The molecule has 23 heavy (non-hydrogen) atoms. The Kier molecular flexibility index (Phi) is 5.16. The molecule has 1 fully saturated rings. The molecule has 1 heterocycles. The number of hydrogen-bond acceptors (Lipinski definition) is 3. The SMILES string of the molecule is Cl.N[C@@H]1C[C@H]1c1ccc(NCc2cccc(C(F)(F)F)c2)nc1. The minimum Gasteiger partial charge on any atom is -0.366 e. The van der Waals surface area contributed by atoms with E-state index in [1.807, 2.05) is 12.1 Å². The summed E-state index contributed by atoms with van der Waals surface area (Å²) in [6.45, 7) is 0.291. The van der Waals surface area contributed by atoms with Gasteiger partial charge in [-0.25, -0.2) is 4.98 Å². The highest BCUT2D eigenvalue weighted by Gasteiger charge is 2.34. The van der Waals surface area contributed by atoms with Crippen LogP contribution in [0.5, 0.6) is 0 Å². The molecule has 0 radical (unpaired) electrons. The highest BCUT2D eigenvalue weighted by molar-refractivity contribution is 5.85. The van der Waals surface area contributed by atoms with Gasteiger partial charge in [0.15, 0.2) is 0 Å². The molecule has 1 aromatic heterocycles. The highest BCUT2D eigenvalue weighted by Crippen LogP contribution is 2.38. The molecule has 3 N–H and O–H groups in total. The van der Waals surface area contributed by atoms with Crippen LogP contribution in [0.4, 0.5) is 19.0 Å². The van der Waals surface area contributed by atoms with E-state index in [0.29, 0.717) is 23.8 Å². The standard InChI is InChI=1S/C16H16F3N3.ClH/c17-16(18,19)12-3-1-2-10(6-12)8-21-15-5-4-11(9-22-15)13-7-14(13)20;/h1-6,9,13-14H,7-8,20H2,(H,21,22);1H/t13-,14+;/m0./s1. The summed E-state index contributed by atoms with van der Waals surface area (Å²) in [4.78, 5) is 4.27. The van der Waals surface area contributed by atoms with Crippen molar-refractivity contribution >= 4 is 18.2 Å². The highest BCUT2D eigenvalue weighted by atomic mass is 35.5. The van der Waals surface area contributed by atoms with Crippen molar-refractivity contribution in [3.8, 4) is 0 Å². The van der Waals surface area contributed by atoms with Gasteiger partial charge in [-0.2, -0.15) is 13.2 Å². The molecule has 2 aromatic rings. The van der Waals surface area contributed by atoms with Crippen molar-refractivity contribution in [1.29, 1.82) is 0 Å². The quantitative estimate of drug-likeness (QED) is 0.883. The number of benzene rings is 1. The summed E-state index contributed by atoms with van der Waals surface area (Å²) in [5, 5.41) is 3.03. The largest absolute Gasteiger partial charge is 0.416 e. The number of rotatable bonds is 4. The third kappa shape index (κ3) is 4.36. The van der Waals surface area contributed by atoms with Gasteiger partial charge in [0, 0.05) is 24.7 Å². The van der Waals surface area contributed by atoms with E-state index < -0.39 is 11.7 Å². The average molecular weight is 344 g/mol. The molecule has 2 atom stereocenters. The Morgan fingerprint density at radius 3 is 2.52 bits per heavy atom. The smallest absolute Gasteiger partial charge is 0.366 e. The van der Waals surface area contributed by atoms with Crippen molar-refractivity contribution in [2.45, 2.75) is 31.1 Å². The summed E-state index contributed by atoms with van der Waals surface area (Å²) in [5.74, 6) is 1.03. The molecule has 1 saturated carbocycles. The Balaban J connectivity index is 0.00000192. The first kappa shape index (κ1) is 17.6. The topological polar surface area (TPSA) is 50.9 Å². The number of alkyl halides is 3. The van der Waals surface area contributed by atoms with Gasteiger partial charge in [0.1, 0.15) is 5.82 Å². The van der Waals surface area contributed by atoms with E-state index in [2.05, 4.69) is 10.3 Å². The molecular weight excluding hydrogens is 327 g/mol. The van der Waals surface area contributed by atoms with E-state index in [0.717, 1.165) is 24.1 Å². The fourth-order valence-electron chi connectivity index (χ4n) is 2.38. The number of nitrogens with one attached hydrogen (secondary N) is 1. The lowest BCUT2D eigenvalue weighted by Crippen LogP contribution is -2.07. The van der Waals surface area contributed by atoms with Crippen molar-refractivity contribution < 1.29 is 13.2 Å². The van der Waals surface area contributed by atoms with Crippen molar-refractivity contribution in [2.24, 2.45) is 5.73 Å². The van der Waals surface area contributed by atoms with Crippen LogP contribution in [0.1, 0.15) is 29.0 Å². The van der Waals surface area contributed by atoms with E-state index >= 15 is 0 Å². The second-order valence-electron chi connectivity index (χ2n) is 5.53. The second kappa shape index (κ2) is 6.76. The van der Waals surface area contributed by atoms with Crippen LogP contribution in [0.2, 0.25) is 0 Å². The first-order valence-corrected chi connectivity index (χ1v) is 7.05. The molecule has 3 rings (SSSR count). The third-order valence-electron chi connectivity index (χ3n) is 3.78. The summed E-state index contributed by atoms with van der Waals surface area (Å²) >= 11 is 0. The zero-order valence-corrected chi connectivity index (χ0v) is 13.0. The van der Waals surface area contributed by atoms with Gasteiger partial charge in [-0.3, -0.25) is 0 Å². The molecule has 1 aromatic carbocycles. The number of anilines is 1. The lowest BCUT2D eigenvalue weighted by molar-refractivity contribution is -0.137. The lowest BCUT2D eigenvalue weighted by Gasteiger charge is -2.10. The number of halogens is 4. The van der Waals surface area contributed by atoms with E-state index in [9.17, 15) is 13.2 Å². The number of nitrogens with two attached hydrogens (primary N) is 1. The molecule has 0 bridgehead atoms.